The van der Waals surface area contributed by atoms with Crippen LogP contribution in [0.1, 0.15) is 65.7 Å². The van der Waals surface area contributed by atoms with Gasteiger partial charge in [0.1, 0.15) is 5.82 Å². The Bertz CT molecular complexity index is 1040. The zero-order valence-electron chi connectivity index (χ0n) is 19.4. The summed E-state index contributed by atoms with van der Waals surface area (Å²) in [6.45, 7) is 2.82. The Hall–Kier alpha value is -1.94. The lowest BCUT2D eigenvalue weighted by molar-refractivity contribution is 0.103. The number of nitrogens with one attached hydrogen (secondary N) is 2. The number of carbonyl (C=O) groups is 1. The van der Waals surface area contributed by atoms with Gasteiger partial charge < -0.3 is 10.4 Å². The predicted molar refractivity (Wildman–Crippen MR) is 143 cm³/mol. The van der Waals surface area contributed by atoms with Gasteiger partial charge in [0.25, 0.3) is 5.91 Å². The number of halogens is 1. The lowest BCUT2D eigenvalue weighted by Gasteiger charge is -2.11. The van der Waals surface area contributed by atoms with E-state index in [0.717, 1.165) is 33.3 Å². The molecule has 0 aliphatic rings. The number of rotatable bonds is 15. The molecule has 5 nitrogen and oxygen atoms in total. The van der Waals surface area contributed by atoms with E-state index in [0.29, 0.717) is 23.0 Å². The highest BCUT2D eigenvalue weighted by molar-refractivity contribution is 7.99. The SMILES string of the molecule is CCCCCCCCSc1cc(F)ccc1NCc1ccc(C(=O)Nc2nc(CCO)cs2)s1. The number of anilines is 2. The predicted octanol–water partition coefficient (Wildman–Crippen LogP) is 7.20. The molecule has 0 unspecified atom stereocenters. The number of aliphatic hydroxyl groups excluding tert-OH is 1. The monoisotopic (exact) mass is 521 g/mol. The second-order valence-corrected chi connectivity index (χ2v) is 11.1. The van der Waals surface area contributed by atoms with E-state index < -0.39 is 0 Å². The van der Waals surface area contributed by atoms with Crippen molar-refractivity contribution in [2.45, 2.75) is 63.3 Å². The number of carbonyl (C=O) groups excluding carboxylic acids is 1. The molecule has 3 rings (SSSR count). The molecule has 0 saturated heterocycles. The first-order valence-corrected chi connectivity index (χ1v) is 14.4. The first-order chi connectivity index (χ1) is 16.6. The van der Waals surface area contributed by atoms with Crippen LogP contribution in [-0.2, 0) is 13.0 Å². The van der Waals surface area contributed by atoms with Crippen LogP contribution in [0.15, 0.2) is 40.6 Å². The van der Waals surface area contributed by atoms with E-state index in [-0.39, 0.29) is 18.3 Å². The first kappa shape index (κ1) is 26.7. The first-order valence-electron chi connectivity index (χ1n) is 11.7. The van der Waals surface area contributed by atoms with Gasteiger partial charge >= 0.3 is 0 Å². The molecule has 0 aliphatic heterocycles. The molecule has 1 amide bonds. The summed E-state index contributed by atoms with van der Waals surface area (Å²) < 4.78 is 13.8. The maximum Gasteiger partial charge on any atom is 0.267 e. The lowest BCUT2D eigenvalue weighted by Crippen LogP contribution is -2.10. The highest BCUT2D eigenvalue weighted by Gasteiger charge is 2.13. The zero-order valence-corrected chi connectivity index (χ0v) is 21.9. The molecular weight excluding hydrogens is 489 g/mol. The number of thioether (sulfide) groups is 1. The molecule has 0 saturated carbocycles. The van der Waals surface area contributed by atoms with Crippen molar-refractivity contribution >= 4 is 51.2 Å². The van der Waals surface area contributed by atoms with Crippen LogP contribution in [0.4, 0.5) is 15.2 Å². The van der Waals surface area contributed by atoms with Crippen LogP contribution >= 0.6 is 34.4 Å². The summed E-state index contributed by atoms with van der Waals surface area (Å²) >= 11 is 4.46. The summed E-state index contributed by atoms with van der Waals surface area (Å²) in [7, 11) is 0. The minimum atomic E-state index is -0.226. The molecule has 0 radical (unpaired) electrons. The molecule has 34 heavy (non-hydrogen) atoms. The van der Waals surface area contributed by atoms with Gasteiger partial charge in [-0.05, 0) is 42.5 Å². The van der Waals surface area contributed by atoms with Crippen LogP contribution in [0, 0.1) is 5.82 Å². The fourth-order valence-electron chi connectivity index (χ4n) is 3.36. The number of thiazole rings is 1. The number of unbranched alkanes of at least 4 members (excludes halogenated alkanes) is 5. The normalized spacial score (nSPS) is 11.0. The number of hydrogen-bond acceptors (Lipinski definition) is 7. The number of aliphatic hydroxyl groups is 1. The van der Waals surface area contributed by atoms with Crippen molar-refractivity contribution in [3.05, 3.63) is 57.0 Å². The van der Waals surface area contributed by atoms with E-state index in [9.17, 15) is 9.18 Å². The standard InChI is InChI=1S/C25H32FN3O2S3/c1-2-3-4-5-6-7-14-32-23-15-18(26)8-10-21(23)27-16-20-9-11-22(34-20)24(31)29-25-28-19(12-13-30)17-33-25/h8-11,15,17,27,30H,2-7,12-14,16H2,1H3,(H,28,29,31). The molecule has 0 aliphatic carbocycles. The Labute approximate surface area is 213 Å². The number of benzene rings is 1. The van der Waals surface area contributed by atoms with Crippen molar-refractivity contribution in [3.63, 3.8) is 0 Å². The van der Waals surface area contributed by atoms with Crippen molar-refractivity contribution in [2.75, 3.05) is 23.0 Å². The van der Waals surface area contributed by atoms with E-state index in [2.05, 4.69) is 22.5 Å². The number of amides is 1. The smallest absolute Gasteiger partial charge is 0.267 e. The van der Waals surface area contributed by atoms with E-state index in [1.807, 2.05) is 11.4 Å². The molecular formula is C25H32FN3O2S3. The van der Waals surface area contributed by atoms with Gasteiger partial charge in [-0.1, -0.05) is 39.0 Å². The molecule has 0 spiro atoms. The third-order valence-electron chi connectivity index (χ3n) is 5.18. The molecule has 2 heterocycles. The third kappa shape index (κ3) is 8.69. The Morgan fingerprint density at radius 1 is 1.15 bits per heavy atom. The Balaban J connectivity index is 1.49. The fourth-order valence-corrected chi connectivity index (χ4v) is 6.00. The second-order valence-electron chi connectivity index (χ2n) is 7.95. The second kappa shape index (κ2) is 14.5. The summed E-state index contributed by atoms with van der Waals surface area (Å²) in [5.41, 5.74) is 1.68. The molecule has 0 fully saturated rings. The van der Waals surface area contributed by atoms with Crippen molar-refractivity contribution in [1.82, 2.24) is 4.98 Å². The minimum Gasteiger partial charge on any atom is -0.396 e. The van der Waals surface area contributed by atoms with Crippen LogP contribution in [0.3, 0.4) is 0 Å². The largest absolute Gasteiger partial charge is 0.396 e. The van der Waals surface area contributed by atoms with Crippen LogP contribution in [0.5, 0.6) is 0 Å². The molecule has 3 aromatic rings. The van der Waals surface area contributed by atoms with E-state index >= 15 is 0 Å². The molecule has 3 N–H and O–H groups in total. The van der Waals surface area contributed by atoms with Gasteiger partial charge in [-0.3, -0.25) is 10.1 Å². The Morgan fingerprint density at radius 3 is 2.79 bits per heavy atom. The maximum absolute atomic E-state index is 13.8. The van der Waals surface area contributed by atoms with Gasteiger partial charge in [-0.2, -0.15) is 0 Å². The van der Waals surface area contributed by atoms with Crippen LogP contribution < -0.4 is 10.6 Å². The van der Waals surface area contributed by atoms with Crippen LogP contribution in [0.25, 0.3) is 0 Å². The van der Waals surface area contributed by atoms with Crippen molar-refractivity contribution in [1.29, 1.82) is 0 Å². The number of nitrogens with zero attached hydrogens (tertiary/aromatic N) is 1. The number of aromatic nitrogens is 1. The van der Waals surface area contributed by atoms with Crippen molar-refractivity contribution < 1.29 is 14.3 Å². The minimum absolute atomic E-state index is 0.0335. The third-order valence-corrected chi connectivity index (χ3v) is 8.21. The molecule has 2 aromatic heterocycles. The lowest BCUT2D eigenvalue weighted by atomic mass is 10.1. The Morgan fingerprint density at radius 2 is 1.97 bits per heavy atom. The number of thiophene rings is 1. The van der Waals surface area contributed by atoms with Crippen LogP contribution in [-0.4, -0.2) is 28.4 Å². The summed E-state index contributed by atoms with van der Waals surface area (Å²) in [5.74, 6) is 0.554. The summed E-state index contributed by atoms with van der Waals surface area (Å²) in [5, 5.41) is 17.6. The van der Waals surface area contributed by atoms with Crippen molar-refractivity contribution in [3.8, 4) is 0 Å². The van der Waals surface area contributed by atoms with Gasteiger partial charge in [0.05, 0.1) is 10.6 Å². The van der Waals surface area contributed by atoms with E-state index in [4.69, 9.17) is 5.11 Å². The fraction of sp³-hybridized carbons (Fsp3) is 0.440. The Kier molecular flexibility index (Phi) is 11.3. The molecule has 0 atom stereocenters. The van der Waals surface area contributed by atoms with Gasteiger partial charge in [0, 0.05) is 40.4 Å². The average molecular weight is 522 g/mol. The summed E-state index contributed by atoms with van der Waals surface area (Å²) in [6.07, 6.45) is 7.94. The zero-order chi connectivity index (χ0) is 24.2. The van der Waals surface area contributed by atoms with Gasteiger partial charge in [0.2, 0.25) is 0 Å². The molecule has 1 aromatic carbocycles. The van der Waals surface area contributed by atoms with Gasteiger partial charge in [-0.25, -0.2) is 9.37 Å². The highest BCUT2D eigenvalue weighted by Crippen LogP contribution is 2.30. The maximum atomic E-state index is 13.8. The summed E-state index contributed by atoms with van der Waals surface area (Å²) in [6, 6.07) is 8.59. The van der Waals surface area contributed by atoms with Crippen LogP contribution in [0.2, 0.25) is 0 Å². The van der Waals surface area contributed by atoms with E-state index in [1.54, 1.807) is 30.0 Å². The van der Waals surface area contributed by atoms with Gasteiger partial charge in [0.15, 0.2) is 5.13 Å². The average Bonchev–Trinajstić information content (AvgIpc) is 3.48. The summed E-state index contributed by atoms with van der Waals surface area (Å²) in [4.78, 5) is 19.4. The topological polar surface area (TPSA) is 74.2 Å². The number of hydrogen-bond donors (Lipinski definition) is 3. The molecule has 0 bridgehead atoms. The highest BCUT2D eigenvalue weighted by atomic mass is 32.2. The molecule has 9 heteroatoms. The molecule has 184 valence electrons. The van der Waals surface area contributed by atoms with Gasteiger partial charge in [-0.15, -0.1) is 34.4 Å². The van der Waals surface area contributed by atoms with E-state index in [1.165, 1.54) is 60.8 Å². The van der Waals surface area contributed by atoms with Crippen molar-refractivity contribution in [2.24, 2.45) is 0 Å². The quantitative estimate of drug-likeness (QED) is 0.146.